The molecular formula is C16H26N6. The smallest absolute Gasteiger partial charge is 0.200 e. The minimum atomic E-state index is 0.383. The van der Waals surface area contributed by atoms with E-state index in [0.29, 0.717) is 12.0 Å². The molecule has 1 aliphatic rings. The average molecular weight is 302 g/mol. The summed E-state index contributed by atoms with van der Waals surface area (Å²) in [6, 6.07) is 2.73. The zero-order valence-electron chi connectivity index (χ0n) is 13.8. The summed E-state index contributed by atoms with van der Waals surface area (Å²) in [5, 5.41) is 16.3. The molecule has 6 heteroatoms. The molecule has 1 unspecified atom stereocenters. The Labute approximate surface area is 131 Å². The number of hydrogen-bond acceptors (Lipinski definition) is 5. The second kappa shape index (κ2) is 6.60. The highest BCUT2D eigenvalue weighted by Gasteiger charge is 2.21. The van der Waals surface area contributed by atoms with E-state index >= 15 is 0 Å². The second-order valence-electron chi connectivity index (χ2n) is 6.40. The molecule has 3 rings (SSSR count). The molecule has 0 aromatic carbocycles. The van der Waals surface area contributed by atoms with Crippen LogP contribution in [-0.2, 0) is 0 Å². The van der Waals surface area contributed by atoms with Gasteiger partial charge in [0, 0.05) is 12.6 Å². The van der Waals surface area contributed by atoms with Crippen LogP contribution in [0.1, 0.15) is 51.6 Å². The Morgan fingerprint density at radius 2 is 2.23 bits per heavy atom. The van der Waals surface area contributed by atoms with Gasteiger partial charge in [-0.2, -0.15) is 9.61 Å². The number of rotatable bonds is 5. The standard InChI is InChI=1S/C16H26N6/c1-4-21-8-6-5-7-13(21)10-17-15-9-14(12(2)3)20-22-11-18-19-16(15)22/h9,11-13,17H,4-8,10H2,1-3H3. The maximum Gasteiger partial charge on any atom is 0.200 e. The highest BCUT2D eigenvalue weighted by molar-refractivity contribution is 5.66. The van der Waals surface area contributed by atoms with Crippen molar-refractivity contribution in [1.29, 1.82) is 0 Å². The topological polar surface area (TPSA) is 58.4 Å². The van der Waals surface area contributed by atoms with Gasteiger partial charge in [0.25, 0.3) is 0 Å². The molecule has 1 N–H and O–H groups in total. The van der Waals surface area contributed by atoms with Crippen molar-refractivity contribution in [3.05, 3.63) is 18.1 Å². The molecule has 0 radical (unpaired) electrons. The van der Waals surface area contributed by atoms with Crippen molar-refractivity contribution in [1.82, 2.24) is 24.7 Å². The van der Waals surface area contributed by atoms with Gasteiger partial charge in [-0.1, -0.05) is 27.2 Å². The van der Waals surface area contributed by atoms with E-state index in [0.717, 1.165) is 30.1 Å². The Bertz CT molecular complexity index is 620. The summed E-state index contributed by atoms with van der Waals surface area (Å²) in [5.74, 6) is 0.383. The van der Waals surface area contributed by atoms with Gasteiger partial charge in [0.05, 0.1) is 11.4 Å². The van der Waals surface area contributed by atoms with Crippen LogP contribution in [0.25, 0.3) is 5.65 Å². The lowest BCUT2D eigenvalue weighted by Crippen LogP contribution is -2.43. The molecule has 2 aromatic heterocycles. The zero-order chi connectivity index (χ0) is 15.5. The van der Waals surface area contributed by atoms with Crippen LogP contribution >= 0.6 is 0 Å². The molecule has 120 valence electrons. The van der Waals surface area contributed by atoms with Gasteiger partial charge in [-0.3, -0.25) is 4.90 Å². The van der Waals surface area contributed by atoms with Crippen LogP contribution in [0.5, 0.6) is 0 Å². The third-order valence-corrected chi connectivity index (χ3v) is 4.56. The normalized spacial score (nSPS) is 19.9. The third kappa shape index (κ3) is 3.06. The zero-order valence-corrected chi connectivity index (χ0v) is 13.8. The summed E-state index contributed by atoms with van der Waals surface area (Å²) in [7, 11) is 0. The maximum atomic E-state index is 4.56. The van der Waals surface area contributed by atoms with Gasteiger partial charge < -0.3 is 5.32 Å². The average Bonchev–Trinajstić information content (AvgIpc) is 3.01. The van der Waals surface area contributed by atoms with Crippen molar-refractivity contribution in [3.8, 4) is 0 Å². The summed E-state index contributed by atoms with van der Waals surface area (Å²) >= 11 is 0. The first kappa shape index (κ1) is 15.2. The predicted molar refractivity (Wildman–Crippen MR) is 88.2 cm³/mol. The lowest BCUT2D eigenvalue weighted by Gasteiger charge is -2.35. The molecule has 2 aromatic rings. The predicted octanol–water partition coefficient (Wildman–Crippen LogP) is 2.53. The van der Waals surface area contributed by atoms with Gasteiger partial charge in [0.2, 0.25) is 5.65 Å². The van der Waals surface area contributed by atoms with Crippen molar-refractivity contribution in [2.24, 2.45) is 0 Å². The monoisotopic (exact) mass is 302 g/mol. The number of hydrogen-bond donors (Lipinski definition) is 1. The van der Waals surface area contributed by atoms with E-state index in [1.807, 2.05) is 0 Å². The number of nitrogens with zero attached hydrogens (tertiary/aromatic N) is 5. The fourth-order valence-electron chi connectivity index (χ4n) is 3.19. The van der Waals surface area contributed by atoms with Gasteiger partial charge in [0.1, 0.15) is 6.33 Å². The quantitative estimate of drug-likeness (QED) is 0.920. The highest BCUT2D eigenvalue weighted by atomic mass is 15.3. The third-order valence-electron chi connectivity index (χ3n) is 4.56. The summed E-state index contributed by atoms with van der Waals surface area (Å²) in [6.45, 7) is 9.86. The summed E-state index contributed by atoms with van der Waals surface area (Å²) in [4.78, 5) is 2.57. The van der Waals surface area contributed by atoms with Gasteiger partial charge in [-0.25, -0.2) is 0 Å². The van der Waals surface area contributed by atoms with E-state index in [1.54, 1.807) is 10.8 Å². The van der Waals surface area contributed by atoms with E-state index in [9.17, 15) is 0 Å². The molecule has 0 saturated carbocycles. The fourth-order valence-corrected chi connectivity index (χ4v) is 3.19. The Hall–Kier alpha value is -1.69. The second-order valence-corrected chi connectivity index (χ2v) is 6.40. The molecule has 6 nitrogen and oxygen atoms in total. The van der Waals surface area contributed by atoms with Crippen LogP contribution in [0.15, 0.2) is 12.4 Å². The summed E-state index contributed by atoms with van der Waals surface area (Å²) in [6.07, 6.45) is 5.60. The Morgan fingerprint density at radius 1 is 1.36 bits per heavy atom. The highest BCUT2D eigenvalue weighted by Crippen LogP contribution is 2.22. The van der Waals surface area contributed by atoms with E-state index in [4.69, 9.17) is 0 Å². The summed E-state index contributed by atoms with van der Waals surface area (Å²) < 4.78 is 1.77. The van der Waals surface area contributed by atoms with Crippen molar-refractivity contribution in [2.45, 2.75) is 52.0 Å². The van der Waals surface area contributed by atoms with Crippen LogP contribution in [0.3, 0.4) is 0 Å². The van der Waals surface area contributed by atoms with Crippen LogP contribution in [0.2, 0.25) is 0 Å². The molecule has 0 bridgehead atoms. The Balaban J connectivity index is 1.79. The van der Waals surface area contributed by atoms with E-state index in [-0.39, 0.29) is 0 Å². The first-order valence-electron chi connectivity index (χ1n) is 8.38. The Kier molecular flexibility index (Phi) is 4.57. The number of fused-ring (bicyclic) bond motifs is 1. The molecule has 3 heterocycles. The number of likely N-dealkylation sites (tertiary alicyclic amines) is 1. The number of piperidine rings is 1. The van der Waals surface area contributed by atoms with E-state index in [1.165, 1.54) is 25.8 Å². The van der Waals surface area contributed by atoms with E-state index < -0.39 is 0 Å². The fraction of sp³-hybridized carbons (Fsp3) is 0.688. The van der Waals surface area contributed by atoms with Crippen molar-refractivity contribution in [2.75, 3.05) is 25.0 Å². The molecular weight excluding hydrogens is 276 g/mol. The largest absolute Gasteiger partial charge is 0.380 e. The molecule has 1 saturated heterocycles. The van der Waals surface area contributed by atoms with Crippen LogP contribution in [0.4, 0.5) is 5.69 Å². The Morgan fingerprint density at radius 3 is 3.00 bits per heavy atom. The molecule has 0 spiro atoms. The lowest BCUT2D eigenvalue weighted by molar-refractivity contribution is 0.164. The van der Waals surface area contributed by atoms with Crippen LogP contribution < -0.4 is 5.32 Å². The molecule has 0 aliphatic carbocycles. The molecule has 1 fully saturated rings. The number of aromatic nitrogens is 4. The van der Waals surface area contributed by atoms with Crippen molar-refractivity contribution < 1.29 is 0 Å². The van der Waals surface area contributed by atoms with Gasteiger partial charge in [0.15, 0.2) is 0 Å². The summed E-state index contributed by atoms with van der Waals surface area (Å²) in [5.41, 5.74) is 2.91. The lowest BCUT2D eigenvalue weighted by atomic mass is 10.0. The molecule has 1 atom stereocenters. The first-order valence-corrected chi connectivity index (χ1v) is 8.38. The SMILES string of the molecule is CCN1CCCCC1CNc1cc(C(C)C)nn2cnnc12. The van der Waals surface area contributed by atoms with Crippen molar-refractivity contribution in [3.63, 3.8) is 0 Å². The molecule has 22 heavy (non-hydrogen) atoms. The minimum absolute atomic E-state index is 0.383. The number of nitrogens with one attached hydrogen (secondary N) is 1. The van der Waals surface area contributed by atoms with Crippen LogP contribution in [-0.4, -0.2) is 50.4 Å². The minimum Gasteiger partial charge on any atom is -0.380 e. The molecule has 0 amide bonds. The maximum absolute atomic E-state index is 4.56. The van der Waals surface area contributed by atoms with E-state index in [2.05, 4.69) is 52.4 Å². The number of likely N-dealkylation sites (N-methyl/N-ethyl adjacent to an activating group) is 1. The van der Waals surface area contributed by atoms with Gasteiger partial charge >= 0.3 is 0 Å². The first-order chi connectivity index (χ1) is 10.7. The van der Waals surface area contributed by atoms with Crippen LogP contribution in [0, 0.1) is 0 Å². The van der Waals surface area contributed by atoms with Gasteiger partial charge in [-0.15, -0.1) is 10.2 Å². The van der Waals surface area contributed by atoms with Gasteiger partial charge in [-0.05, 0) is 37.9 Å². The number of anilines is 1. The molecule has 1 aliphatic heterocycles. The van der Waals surface area contributed by atoms with Crippen molar-refractivity contribution >= 4 is 11.3 Å².